The van der Waals surface area contributed by atoms with Crippen molar-refractivity contribution in [2.75, 3.05) is 20.6 Å². The Labute approximate surface area is 158 Å². The number of para-hydroxylation sites is 1. The molecule has 5 heteroatoms. The zero-order valence-corrected chi connectivity index (χ0v) is 16.0. The Morgan fingerprint density at radius 3 is 2.58 bits per heavy atom. The lowest BCUT2D eigenvalue weighted by molar-refractivity contribution is 0.371. The van der Waals surface area contributed by atoms with Crippen LogP contribution < -0.4 is 5.56 Å². The highest BCUT2D eigenvalue weighted by Gasteiger charge is 2.12. The third kappa shape index (κ3) is 4.23. The quantitative estimate of drug-likeness (QED) is 0.470. The molecule has 0 N–H and O–H groups in total. The minimum absolute atomic E-state index is 0.0296. The van der Waals surface area contributed by atoms with E-state index < -0.39 is 0 Å². The Kier molecular flexibility index (Phi) is 5.91. The van der Waals surface area contributed by atoms with E-state index in [1.807, 2.05) is 44.4 Å². The van der Waals surface area contributed by atoms with E-state index in [1.54, 1.807) is 16.3 Å². The molecule has 0 unspecified atom stereocenters. The minimum Gasteiger partial charge on any atom is -0.308 e. The summed E-state index contributed by atoms with van der Waals surface area (Å²) < 4.78 is 1.80. The molecule has 134 valence electrons. The van der Waals surface area contributed by atoms with Crippen molar-refractivity contribution in [2.45, 2.75) is 17.5 Å². The smallest absolute Gasteiger partial charge is 0.262 e. The molecule has 0 radical (unpaired) electrons. The number of nitrogens with zero attached hydrogens (tertiary/aromatic N) is 3. The molecule has 0 fully saturated rings. The minimum atomic E-state index is 0.0296. The van der Waals surface area contributed by atoms with Crippen molar-refractivity contribution >= 4 is 28.7 Å². The van der Waals surface area contributed by atoms with Crippen molar-refractivity contribution in [1.29, 1.82) is 0 Å². The largest absolute Gasteiger partial charge is 0.308 e. The predicted molar refractivity (Wildman–Crippen MR) is 111 cm³/mol. The molecule has 0 amide bonds. The molecule has 1 heterocycles. The summed E-state index contributed by atoms with van der Waals surface area (Å²) in [6, 6.07) is 15.8. The van der Waals surface area contributed by atoms with Crippen LogP contribution in [0.15, 0.2) is 65.1 Å². The Morgan fingerprint density at radius 1 is 1.15 bits per heavy atom. The molecule has 0 bridgehead atoms. The van der Waals surface area contributed by atoms with E-state index in [2.05, 4.69) is 35.7 Å². The van der Waals surface area contributed by atoms with Gasteiger partial charge in [0.1, 0.15) is 0 Å². The van der Waals surface area contributed by atoms with Gasteiger partial charge >= 0.3 is 0 Å². The van der Waals surface area contributed by atoms with Crippen LogP contribution in [0.4, 0.5) is 0 Å². The maximum absolute atomic E-state index is 12.9. The molecule has 0 saturated heterocycles. The first-order valence-corrected chi connectivity index (χ1v) is 9.55. The van der Waals surface area contributed by atoms with Crippen LogP contribution in [0.3, 0.4) is 0 Å². The normalized spacial score (nSPS) is 11.2. The summed E-state index contributed by atoms with van der Waals surface area (Å²) in [4.78, 5) is 19.8. The lowest BCUT2D eigenvalue weighted by Crippen LogP contribution is -2.28. The van der Waals surface area contributed by atoms with E-state index in [-0.39, 0.29) is 5.56 Å². The molecule has 0 aliphatic rings. The second-order valence-electron chi connectivity index (χ2n) is 6.41. The summed E-state index contributed by atoms with van der Waals surface area (Å²) >= 11 is 1.60. The van der Waals surface area contributed by atoms with E-state index in [1.165, 1.54) is 5.56 Å². The Morgan fingerprint density at radius 2 is 1.88 bits per heavy atom. The number of hydrogen-bond donors (Lipinski definition) is 0. The SMILES string of the molecule is C=Cc1ccc(CSc2nc3ccccc3c(=O)n2CCN(C)C)cc1. The van der Waals surface area contributed by atoms with Gasteiger partial charge in [0, 0.05) is 18.8 Å². The summed E-state index contributed by atoms with van der Waals surface area (Å²) in [5.74, 6) is 0.768. The van der Waals surface area contributed by atoms with Crippen molar-refractivity contribution in [3.63, 3.8) is 0 Å². The molecular formula is C21H23N3OS. The topological polar surface area (TPSA) is 38.1 Å². The molecule has 0 saturated carbocycles. The van der Waals surface area contributed by atoms with Gasteiger partial charge in [-0.1, -0.05) is 60.8 Å². The van der Waals surface area contributed by atoms with Crippen LogP contribution in [-0.2, 0) is 12.3 Å². The van der Waals surface area contributed by atoms with Crippen molar-refractivity contribution in [1.82, 2.24) is 14.5 Å². The number of benzene rings is 2. The molecule has 0 aliphatic heterocycles. The molecule has 0 atom stereocenters. The zero-order valence-electron chi connectivity index (χ0n) is 15.2. The average Bonchev–Trinajstić information content (AvgIpc) is 2.66. The summed E-state index contributed by atoms with van der Waals surface area (Å²) in [5.41, 5.74) is 3.08. The van der Waals surface area contributed by atoms with Crippen LogP contribution in [0.25, 0.3) is 17.0 Å². The molecule has 0 aliphatic carbocycles. The second kappa shape index (κ2) is 8.34. The third-order valence-electron chi connectivity index (χ3n) is 4.18. The van der Waals surface area contributed by atoms with Gasteiger partial charge in [0.2, 0.25) is 0 Å². The first kappa shape index (κ1) is 18.4. The lowest BCUT2D eigenvalue weighted by Gasteiger charge is -2.15. The standard InChI is InChI=1S/C21H23N3OS/c1-4-16-9-11-17(12-10-16)15-26-21-22-19-8-6-5-7-18(19)20(25)24(21)14-13-23(2)3/h4-12H,1,13-15H2,2-3H3. The number of thioether (sulfide) groups is 1. The van der Waals surface area contributed by atoms with E-state index in [9.17, 15) is 4.79 Å². The highest BCUT2D eigenvalue weighted by atomic mass is 32.2. The number of rotatable bonds is 7. The summed E-state index contributed by atoms with van der Waals surface area (Å²) in [7, 11) is 4.01. The monoisotopic (exact) mass is 365 g/mol. The van der Waals surface area contributed by atoms with E-state index in [0.717, 1.165) is 28.5 Å². The molecule has 26 heavy (non-hydrogen) atoms. The molecular weight excluding hydrogens is 342 g/mol. The Hall–Kier alpha value is -2.37. The van der Waals surface area contributed by atoms with Gasteiger partial charge in [0.25, 0.3) is 5.56 Å². The number of hydrogen-bond acceptors (Lipinski definition) is 4. The van der Waals surface area contributed by atoms with Crippen LogP contribution in [0.2, 0.25) is 0 Å². The summed E-state index contributed by atoms with van der Waals surface area (Å²) in [5, 5.41) is 1.44. The van der Waals surface area contributed by atoms with E-state index >= 15 is 0 Å². The van der Waals surface area contributed by atoms with Gasteiger partial charge in [-0.25, -0.2) is 4.98 Å². The van der Waals surface area contributed by atoms with Gasteiger partial charge in [-0.05, 0) is 37.4 Å². The first-order chi connectivity index (χ1) is 12.6. The van der Waals surface area contributed by atoms with Crippen molar-refractivity contribution in [3.8, 4) is 0 Å². The fourth-order valence-electron chi connectivity index (χ4n) is 2.65. The number of likely N-dealkylation sites (N-methyl/N-ethyl adjacent to an activating group) is 1. The van der Waals surface area contributed by atoms with Gasteiger partial charge in [-0.3, -0.25) is 9.36 Å². The Bertz CT molecular complexity index is 961. The zero-order chi connectivity index (χ0) is 18.5. The van der Waals surface area contributed by atoms with Gasteiger partial charge in [-0.2, -0.15) is 0 Å². The van der Waals surface area contributed by atoms with Crippen molar-refractivity contribution in [3.05, 3.63) is 76.6 Å². The van der Waals surface area contributed by atoms with Gasteiger partial charge < -0.3 is 4.90 Å². The molecule has 4 nitrogen and oxygen atoms in total. The fraction of sp³-hybridized carbons (Fsp3) is 0.238. The van der Waals surface area contributed by atoms with Crippen LogP contribution >= 0.6 is 11.8 Å². The van der Waals surface area contributed by atoms with Crippen LogP contribution in [0.5, 0.6) is 0 Å². The second-order valence-corrected chi connectivity index (χ2v) is 7.35. The van der Waals surface area contributed by atoms with Gasteiger partial charge in [0.15, 0.2) is 5.16 Å². The number of fused-ring (bicyclic) bond motifs is 1. The predicted octanol–water partition coefficient (Wildman–Crippen LogP) is 3.89. The lowest BCUT2D eigenvalue weighted by atomic mass is 10.1. The summed E-state index contributed by atoms with van der Waals surface area (Å²) in [6.07, 6.45) is 1.83. The van der Waals surface area contributed by atoms with Crippen LogP contribution in [0, 0.1) is 0 Å². The Balaban J connectivity index is 1.92. The average molecular weight is 366 g/mol. The van der Waals surface area contributed by atoms with Crippen LogP contribution in [0.1, 0.15) is 11.1 Å². The maximum Gasteiger partial charge on any atom is 0.262 e. The number of aromatic nitrogens is 2. The molecule has 1 aromatic heterocycles. The molecule has 2 aromatic carbocycles. The van der Waals surface area contributed by atoms with E-state index in [0.29, 0.717) is 11.9 Å². The van der Waals surface area contributed by atoms with E-state index in [4.69, 9.17) is 4.98 Å². The molecule has 3 aromatic rings. The maximum atomic E-state index is 12.9. The van der Waals surface area contributed by atoms with Gasteiger partial charge in [-0.15, -0.1) is 0 Å². The fourth-order valence-corrected chi connectivity index (χ4v) is 3.63. The third-order valence-corrected chi connectivity index (χ3v) is 5.23. The first-order valence-electron chi connectivity index (χ1n) is 8.57. The van der Waals surface area contributed by atoms with Crippen molar-refractivity contribution < 1.29 is 0 Å². The van der Waals surface area contributed by atoms with Gasteiger partial charge in [0.05, 0.1) is 10.9 Å². The molecule has 0 spiro atoms. The molecule has 3 rings (SSSR count). The van der Waals surface area contributed by atoms with Crippen LogP contribution in [-0.4, -0.2) is 35.1 Å². The highest BCUT2D eigenvalue weighted by molar-refractivity contribution is 7.98. The highest BCUT2D eigenvalue weighted by Crippen LogP contribution is 2.22. The van der Waals surface area contributed by atoms with Crippen molar-refractivity contribution in [2.24, 2.45) is 0 Å². The summed E-state index contributed by atoms with van der Waals surface area (Å²) in [6.45, 7) is 5.20.